The molecule has 3 nitrogen and oxygen atoms in total. The molecule has 1 fully saturated rings. The van der Waals surface area contributed by atoms with Crippen LogP contribution in [0, 0.1) is 5.41 Å². The van der Waals surface area contributed by atoms with Gasteiger partial charge in [-0.05, 0) is 42.6 Å². The van der Waals surface area contributed by atoms with E-state index in [9.17, 15) is 0 Å². The van der Waals surface area contributed by atoms with Crippen LogP contribution in [-0.2, 0) is 0 Å². The largest absolute Gasteiger partial charge is 0.369 e. The van der Waals surface area contributed by atoms with Gasteiger partial charge in [-0.15, -0.1) is 0 Å². The van der Waals surface area contributed by atoms with E-state index in [0.717, 1.165) is 25.2 Å². The molecule has 0 saturated carbocycles. The Labute approximate surface area is 127 Å². The highest BCUT2D eigenvalue weighted by Crippen LogP contribution is 2.29. The number of anilines is 1. The van der Waals surface area contributed by atoms with Gasteiger partial charge in [0.1, 0.15) is 0 Å². The molecule has 1 saturated heterocycles. The molecular formula is C18H25N3. The molecule has 2 heterocycles. The first-order valence-electron chi connectivity index (χ1n) is 7.88. The van der Waals surface area contributed by atoms with E-state index in [0.29, 0.717) is 6.04 Å². The summed E-state index contributed by atoms with van der Waals surface area (Å²) < 4.78 is 0. The number of pyridine rings is 1. The van der Waals surface area contributed by atoms with Crippen LogP contribution in [0.5, 0.6) is 0 Å². The smallest absolute Gasteiger partial charge is 0.0722 e. The number of fused-ring (bicyclic) bond motifs is 1. The minimum atomic E-state index is 0.269. The summed E-state index contributed by atoms with van der Waals surface area (Å²) >= 11 is 0. The summed E-state index contributed by atoms with van der Waals surface area (Å²) in [4.78, 5) is 7.01. The minimum absolute atomic E-state index is 0.269. The second-order valence-electron chi connectivity index (χ2n) is 7.02. The fourth-order valence-electron chi connectivity index (χ4n) is 3.08. The third-order valence-corrected chi connectivity index (χ3v) is 4.41. The summed E-state index contributed by atoms with van der Waals surface area (Å²) in [5.41, 5.74) is 2.67. The second-order valence-corrected chi connectivity index (χ2v) is 7.02. The third kappa shape index (κ3) is 3.03. The molecule has 0 bridgehead atoms. The summed E-state index contributed by atoms with van der Waals surface area (Å²) in [5, 5.41) is 4.97. The highest BCUT2D eigenvalue weighted by Gasteiger charge is 2.28. The van der Waals surface area contributed by atoms with Gasteiger partial charge in [0, 0.05) is 36.4 Å². The molecule has 1 aromatic carbocycles. The van der Waals surface area contributed by atoms with Crippen molar-refractivity contribution in [2.24, 2.45) is 5.41 Å². The van der Waals surface area contributed by atoms with Crippen LogP contribution in [0.3, 0.4) is 0 Å². The van der Waals surface area contributed by atoms with Gasteiger partial charge in [-0.1, -0.05) is 26.8 Å². The molecule has 1 atom stereocenters. The molecule has 3 heteroatoms. The van der Waals surface area contributed by atoms with Crippen LogP contribution in [-0.4, -0.2) is 30.7 Å². The fourth-order valence-corrected chi connectivity index (χ4v) is 3.08. The Balaban J connectivity index is 1.97. The van der Waals surface area contributed by atoms with Crippen LogP contribution in [0.2, 0.25) is 0 Å². The predicted molar refractivity (Wildman–Crippen MR) is 89.8 cm³/mol. The summed E-state index contributed by atoms with van der Waals surface area (Å²) in [7, 11) is 0. The van der Waals surface area contributed by atoms with E-state index in [1.165, 1.54) is 17.5 Å². The lowest BCUT2D eigenvalue weighted by atomic mass is 9.86. The summed E-state index contributed by atoms with van der Waals surface area (Å²) in [6, 6.07) is 11.2. The van der Waals surface area contributed by atoms with Gasteiger partial charge < -0.3 is 10.2 Å². The third-order valence-electron chi connectivity index (χ3n) is 4.41. The average molecular weight is 283 g/mol. The second kappa shape index (κ2) is 5.64. The molecule has 1 N–H and O–H groups in total. The van der Waals surface area contributed by atoms with Gasteiger partial charge in [0.05, 0.1) is 5.52 Å². The van der Waals surface area contributed by atoms with Crippen LogP contribution in [0.1, 0.15) is 27.2 Å². The van der Waals surface area contributed by atoms with Crippen LogP contribution in [0.15, 0.2) is 36.5 Å². The van der Waals surface area contributed by atoms with Gasteiger partial charge in [0.2, 0.25) is 0 Å². The first kappa shape index (κ1) is 14.3. The van der Waals surface area contributed by atoms with Crippen LogP contribution in [0.25, 0.3) is 10.9 Å². The van der Waals surface area contributed by atoms with E-state index in [-0.39, 0.29) is 5.41 Å². The molecule has 0 amide bonds. The van der Waals surface area contributed by atoms with Gasteiger partial charge in [0.15, 0.2) is 0 Å². The lowest BCUT2D eigenvalue weighted by Crippen LogP contribution is -2.46. The van der Waals surface area contributed by atoms with Crippen molar-refractivity contribution in [2.45, 2.75) is 33.2 Å². The summed E-state index contributed by atoms with van der Waals surface area (Å²) in [5.74, 6) is 0. The van der Waals surface area contributed by atoms with Crippen LogP contribution >= 0.6 is 0 Å². The SMILES string of the molecule is CC(C)(C)C1CN(c2cccc3ncccc23)CCCN1. The number of aromatic nitrogens is 1. The van der Waals surface area contributed by atoms with Crippen molar-refractivity contribution < 1.29 is 0 Å². The zero-order valence-electron chi connectivity index (χ0n) is 13.3. The summed E-state index contributed by atoms with van der Waals surface area (Å²) in [6.07, 6.45) is 3.05. The maximum atomic E-state index is 4.49. The number of nitrogens with zero attached hydrogens (tertiary/aromatic N) is 2. The first-order chi connectivity index (χ1) is 10.1. The molecule has 3 rings (SSSR count). The predicted octanol–water partition coefficient (Wildman–Crippen LogP) is 3.45. The molecule has 2 aromatic rings. The average Bonchev–Trinajstić information content (AvgIpc) is 2.72. The van der Waals surface area contributed by atoms with Gasteiger partial charge in [-0.2, -0.15) is 0 Å². The van der Waals surface area contributed by atoms with Crippen molar-refractivity contribution in [3.05, 3.63) is 36.5 Å². The molecule has 1 unspecified atom stereocenters. The zero-order chi connectivity index (χ0) is 14.9. The lowest BCUT2D eigenvalue weighted by Gasteiger charge is -2.35. The first-order valence-corrected chi connectivity index (χ1v) is 7.88. The molecule has 1 aromatic heterocycles. The van der Waals surface area contributed by atoms with Crippen molar-refractivity contribution >= 4 is 16.6 Å². The van der Waals surface area contributed by atoms with Gasteiger partial charge in [-0.3, -0.25) is 4.98 Å². The quantitative estimate of drug-likeness (QED) is 0.869. The Bertz CT molecular complexity index is 610. The van der Waals surface area contributed by atoms with Crippen LogP contribution in [0.4, 0.5) is 5.69 Å². The number of nitrogens with one attached hydrogen (secondary N) is 1. The maximum Gasteiger partial charge on any atom is 0.0722 e. The maximum absolute atomic E-state index is 4.49. The van der Waals surface area contributed by atoms with Crippen molar-refractivity contribution in [3.63, 3.8) is 0 Å². The van der Waals surface area contributed by atoms with Crippen molar-refractivity contribution in [3.8, 4) is 0 Å². The molecule has 0 spiro atoms. The fraction of sp³-hybridized carbons (Fsp3) is 0.500. The van der Waals surface area contributed by atoms with E-state index in [2.05, 4.69) is 60.2 Å². The summed E-state index contributed by atoms with van der Waals surface area (Å²) in [6.45, 7) is 10.2. The van der Waals surface area contributed by atoms with Crippen molar-refractivity contribution in [1.29, 1.82) is 0 Å². The molecular weight excluding hydrogens is 258 g/mol. The van der Waals surface area contributed by atoms with E-state index >= 15 is 0 Å². The highest BCUT2D eigenvalue weighted by molar-refractivity contribution is 5.91. The van der Waals surface area contributed by atoms with Crippen LogP contribution < -0.4 is 10.2 Å². The highest BCUT2D eigenvalue weighted by atomic mass is 15.2. The van der Waals surface area contributed by atoms with Gasteiger partial charge in [0.25, 0.3) is 0 Å². The Morgan fingerprint density at radius 1 is 1.19 bits per heavy atom. The van der Waals surface area contributed by atoms with Gasteiger partial charge in [-0.25, -0.2) is 0 Å². The Morgan fingerprint density at radius 2 is 2.05 bits per heavy atom. The molecule has 1 aliphatic rings. The lowest BCUT2D eigenvalue weighted by molar-refractivity contribution is 0.280. The van der Waals surface area contributed by atoms with E-state index in [1.807, 2.05) is 12.3 Å². The Kier molecular flexibility index (Phi) is 3.85. The molecule has 112 valence electrons. The molecule has 1 aliphatic heterocycles. The number of rotatable bonds is 1. The number of hydrogen-bond donors (Lipinski definition) is 1. The Hall–Kier alpha value is -1.61. The van der Waals surface area contributed by atoms with Crippen molar-refractivity contribution in [2.75, 3.05) is 24.5 Å². The Morgan fingerprint density at radius 3 is 2.86 bits per heavy atom. The molecule has 21 heavy (non-hydrogen) atoms. The molecule has 0 radical (unpaired) electrons. The minimum Gasteiger partial charge on any atom is -0.369 e. The number of hydrogen-bond acceptors (Lipinski definition) is 3. The van der Waals surface area contributed by atoms with E-state index in [1.54, 1.807) is 0 Å². The van der Waals surface area contributed by atoms with Gasteiger partial charge >= 0.3 is 0 Å². The molecule has 0 aliphatic carbocycles. The normalized spacial score (nSPS) is 20.5. The van der Waals surface area contributed by atoms with E-state index in [4.69, 9.17) is 0 Å². The topological polar surface area (TPSA) is 28.2 Å². The van der Waals surface area contributed by atoms with E-state index < -0.39 is 0 Å². The monoisotopic (exact) mass is 283 g/mol. The number of benzene rings is 1. The van der Waals surface area contributed by atoms with Crippen molar-refractivity contribution in [1.82, 2.24) is 10.3 Å². The zero-order valence-corrected chi connectivity index (χ0v) is 13.3. The standard InChI is InChI=1S/C18H25N3/c1-18(2,3)17-13-21(12-6-11-20-17)16-9-4-8-15-14(16)7-5-10-19-15/h4-5,7-10,17,20H,6,11-13H2,1-3H3.